The van der Waals surface area contributed by atoms with Gasteiger partial charge in [0.1, 0.15) is 0 Å². The van der Waals surface area contributed by atoms with E-state index in [2.05, 4.69) is 20.7 Å². The van der Waals surface area contributed by atoms with Crippen LogP contribution in [0, 0.1) is 0 Å². The van der Waals surface area contributed by atoms with Crippen molar-refractivity contribution < 1.29 is 0 Å². The van der Waals surface area contributed by atoms with Crippen molar-refractivity contribution in [2.24, 2.45) is 5.10 Å². The van der Waals surface area contributed by atoms with Crippen molar-refractivity contribution in [2.45, 2.75) is 0 Å². The van der Waals surface area contributed by atoms with Gasteiger partial charge in [0.05, 0.1) is 5.69 Å². The van der Waals surface area contributed by atoms with Crippen molar-refractivity contribution in [3.8, 4) is 0 Å². The molecule has 2 rings (SSSR count). The van der Waals surface area contributed by atoms with Gasteiger partial charge in [0.25, 0.3) is 0 Å². The Morgan fingerprint density at radius 1 is 1.00 bits per heavy atom. The molecule has 74 valence electrons. The summed E-state index contributed by atoms with van der Waals surface area (Å²) in [5, 5.41) is 9.50. The first-order valence-electron chi connectivity index (χ1n) is 4.16. The van der Waals surface area contributed by atoms with E-state index in [0.717, 1.165) is 0 Å². The third-order valence-electron chi connectivity index (χ3n) is 1.71. The minimum absolute atomic E-state index is 0.293. The highest BCUT2D eigenvalue weighted by Gasteiger charge is 2.00. The highest BCUT2D eigenvalue weighted by molar-refractivity contribution is 5.41. The maximum atomic E-state index is 11.0. The molecule has 0 atom stereocenters. The van der Waals surface area contributed by atoms with E-state index in [4.69, 9.17) is 0 Å². The smallest absolute Gasteiger partial charge is 0.278 e. The molecule has 0 aliphatic heterocycles. The van der Waals surface area contributed by atoms with Gasteiger partial charge in [-0.1, -0.05) is 18.2 Å². The quantitative estimate of drug-likeness (QED) is 0.631. The van der Waals surface area contributed by atoms with Crippen LogP contribution in [0.15, 0.2) is 45.0 Å². The molecule has 0 amide bonds. The number of para-hydroxylation sites is 1. The molecule has 0 saturated carbocycles. The molecule has 0 unspecified atom stereocenters. The monoisotopic (exact) mass is 202 g/mol. The van der Waals surface area contributed by atoms with E-state index in [0.29, 0.717) is 5.69 Å². The first kappa shape index (κ1) is 9.20. The number of benzene rings is 1. The SMILES string of the molecule is O=c1nnc(=O)c1=NNc1ccccc1. The van der Waals surface area contributed by atoms with E-state index in [-0.39, 0.29) is 5.36 Å². The lowest BCUT2D eigenvalue weighted by molar-refractivity contribution is 1.03. The average molecular weight is 202 g/mol. The molecule has 0 radical (unpaired) electrons. The Balaban J connectivity index is 2.35. The Morgan fingerprint density at radius 2 is 1.60 bits per heavy atom. The maximum Gasteiger partial charge on any atom is 0.321 e. The predicted octanol–water partition coefficient (Wildman–Crippen LogP) is -1.000. The molecule has 1 aromatic carbocycles. The lowest BCUT2D eigenvalue weighted by atomic mass is 10.3. The highest BCUT2D eigenvalue weighted by Crippen LogP contribution is 2.03. The maximum absolute atomic E-state index is 11.0. The molecular formula is C9H6N4O2. The average Bonchev–Trinajstić information content (AvgIpc) is 2.58. The number of rotatable bonds is 2. The van der Waals surface area contributed by atoms with Crippen LogP contribution >= 0.6 is 0 Å². The Bertz CT molecular complexity index is 569. The fourth-order valence-corrected chi connectivity index (χ4v) is 1.01. The normalized spacial score (nSPS) is 9.87. The largest absolute Gasteiger partial charge is 0.321 e. The summed E-state index contributed by atoms with van der Waals surface area (Å²) in [6.07, 6.45) is 0. The zero-order valence-electron chi connectivity index (χ0n) is 7.54. The fraction of sp³-hybridized carbons (Fsp3) is 0. The molecule has 1 aromatic heterocycles. The van der Waals surface area contributed by atoms with Gasteiger partial charge in [-0.05, 0) is 12.1 Å². The summed E-state index contributed by atoms with van der Waals surface area (Å²) < 4.78 is 0. The van der Waals surface area contributed by atoms with E-state index in [1.807, 2.05) is 6.07 Å². The zero-order chi connectivity index (χ0) is 10.7. The van der Waals surface area contributed by atoms with Crippen LogP contribution in [0.25, 0.3) is 0 Å². The minimum atomic E-state index is -0.719. The van der Waals surface area contributed by atoms with Gasteiger partial charge >= 0.3 is 11.1 Å². The summed E-state index contributed by atoms with van der Waals surface area (Å²) in [6.45, 7) is 0. The number of nitrogens with zero attached hydrogens (tertiary/aromatic N) is 3. The molecule has 6 nitrogen and oxygen atoms in total. The Labute approximate surface area is 83.6 Å². The van der Waals surface area contributed by atoms with Crippen molar-refractivity contribution in [3.63, 3.8) is 0 Å². The topological polar surface area (TPSA) is 84.3 Å². The van der Waals surface area contributed by atoms with Crippen molar-refractivity contribution in [3.05, 3.63) is 56.4 Å². The molecule has 0 bridgehead atoms. The molecule has 1 heterocycles. The highest BCUT2D eigenvalue weighted by atomic mass is 16.2. The van der Waals surface area contributed by atoms with Gasteiger partial charge in [-0.25, -0.2) is 0 Å². The zero-order valence-corrected chi connectivity index (χ0v) is 7.54. The van der Waals surface area contributed by atoms with Crippen LogP contribution in [0.5, 0.6) is 0 Å². The second-order valence-corrected chi connectivity index (χ2v) is 2.75. The second-order valence-electron chi connectivity index (χ2n) is 2.75. The van der Waals surface area contributed by atoms with Crippen molar-refractivity contribution in [2.75, 3.05) is 5.43 Å². The molecule has 15 heavy (non-hydrogen) atoms. The number of hydrogen-bond donors (Lipinski definition) is 1. The Hall–Kier alpha value is -2.37. The van der Waals surface area contributed by atoms with Gasteiger partial charge in [0, 0.05) is 0 Å². The van der Waals surface area contributed by atoms with E-state index in [1.54, 1.807) is 24.3 Å². The summed E-state index contributed by atoms with van der Waals surface area (Å²) in [5.41, 5.74) is 1.81. The van der Waals surface area contributed by atoms with Crippen LogP contribution in [0.1, 0.15) is 0 Å². The van der Waals surface area contributed by atoms with Gasteiger partial charge < -0.3 is 0 Å². The molecule has 0 fully saturated rings. The number of anilines is 1. The number of aromatic nitrogens is 2. The summed E-state index contributed by atoms with van der Waals surface area (Å²) in [4.78, 5) is 21.9. The molecule has 1 N–H and O–H groups in total. The van der Waals surface area contributed by atoms with Crippen molar-refractivity contribution in [1.29, 1.82) is 0 Å². The van der Waals surface area contributed by atoms with Crippen LogP contribution in [-0.2, 0) is 0 Å². The Kier molecular flexibility index (Phi) is 2.32. The summed E-state index contributed by atoms with van der Waals surface area (Å²) in [5.74, 6) is 0. The standard InChI is InChI=1S/C9H6N4O2/c14-8-7(9(15)13-12-8)11-10-6-4-2-1-3-5-6/h1-5,10H. The number of hydrogen-bond acceptors (Lipinski definition) is 6. The van der Waals surface area contributed by atoms with E-state index in [9.17, 15) is 9.59 Å². The first-order valence-corrected chi connectivity index (χ1v) is 4.16. The van der Waals surface area contributed by atoms with Gasteiger partial charge in [0.2, 0.25) is 5.36 Å². The third-order valence-corrected chi connectivity index (χ3v) is 1.71. The van der Waals surface area contributed by atoms with Crippen molar-refractivity contribution in [1.82, 2.24) is 10.2 Å². The van der Waals surface area contributed by atoms with Crippen molar-refractivity contribution >= 4 is 5.69 Å². The molecule has 0 aliphatic rings. The van der Waals surface area contributed by atoms with E-state index >= 15 is 0 Å². The molecule has 0 aliphatic carbocycles. The molecule has 0 saturated heterocycles. The van der Waals surface area contributed by atoms with Gasteiger partial charge in [-0.15, -0.1) is 10.2 Å². The van der Waals surface area contributed by atoms with Crippen LogP contribution in [-0.4, -0.2) is 10.2 Å². The molecule has 6 heteroatoms. The van der Waals surface area contributed by atoms with Crippen LogP contribution in [0.2, 0.25) is 0 Å². The third kappa shape index (κ3) is 1.93. The first-order chi connectivity index (χ1) is 7.27. The predicted molar refractivity (Wildman–Crippen MR) is 52.6 cm³/mol. The lowest BCUT2D eigenvalue weighted by Crippen LogP contribution is -2.33. The molecule has 0 spiro atoms. The Morgan fingerprint density at radius 3 is 2.20 bits per heavy atom. The van der Waals surface area contributed by atoms with E-state index in [1.165, 1.54) is 0 Å². The number of nitrogens with one attached hydrogen (secondary N) is 1. The fourth-order valence-electron chi connectivity index (χ4n) is 1.01. The summed E-state index contributed by atoms with van der Waals surface area (Å²) in [7, 11) is 0. The van der Waals surface area contributed by atoms with Crippen LogP contribution < -0.4 is 21.9 Å². The summed E-state index contributed by atoms with van der Waals surface area (Å²) >= 11 is 0. The van der Waals surface area contributed by atoms with Gasteiger partial charge in [-0.2, -0.15) is 5.10 Å². The minimum Gasteiger partial charge on any atom is -0.278 e. The van der Waals surface area contributed by atoms with Gasteiger partial charge in [0.15, 0.2) is 0 Å². The lowest BCUT2D eigenvalue weighted by Gasteiger charge is -1.95. The molecular weight excluding hydrogens is 196 g/mol. The van der Waals surface area contributed by atoms with Crippen LogP contribution in [0.4, 0.5) is 5.69 Å². The van der Waals surface area contributed by atoms with E-state index < -0.39 is 11.1 Å². The van der Waals surface area contributed by atoms with Crippen LogP contribution in [0.3, 0.4) is 0 Å². The molecule has 2 aromatic rings. The second kappa shape index (κ2) is 3.79. The van der Waals surface area contributed by atoms with Gasteiger partial charge in [-0.3, -0.25) is 15.0 Å². The summed E-state index contributed by atoms with van der Waals surface area (Å²) in [6, 6.07) is 8.95.